The molecule has 2 fully saturated rings. The van der Waals surface area contributed by atoms with E-state index >= 15 is 0 Å². The summed E-state index contributed by atoms with van der Waals surface area (Å²) < 4.78 is 5.85. The SMILES string of the molecule is CC(OC1CCCCCC1)C(=O)NC1CC(C(=O)O)C1. The number of rotatable bonds is 5. The molecular formula is C15H25NO4. The summed E-state index contributed by atoms with van der Waals surface area (Å²) in [6.45, 7) is 1.79. The molecule has 0 aromatic heterocycles. The van der Waals surface area contributed by atoms with Crippen molar-refractivity contribution in [2.24, 2.45) is 5.92 Å². The fraction of sp³-hybridized carbons (Fsp3) is 0.867. The summed E-state index contributed by atoms with van der Waals surface area (Å²) in [5.41, 5.74) is 0. The van der Waals surface area contributed by atoms with Gasteiger partial charge < -0.3 is 15.2 Å². The van der Waals surface area contributed by atoms with Crippen molar-refractivity contribution >= 4 is 11.9 Å². The van der Waals surface area contributed by atoms with Crippen LogP contribution in [0.1, 0.15) is 58.3 Å². The molecule has 0 aromatic carbocycles. The zero-order valence-corrected chi connectivity index (χ0v) is 12.1. The zero-order chi connectivity index (χ0) is 14.5. The second kappa shape index (κ2) is 7.07. The molecule has 0 spiro atoms. The van der Waals surface area contributed by atoms with Gasteiger partial charge in [0, 0.05) is 6.04 Å². The third-order valence-corrected chi connectivity index (χ3v) is 4.40. The van der Waals surface area contributed by atoms with Crippen LogP contribution in [0, 0.1) is 5.92 Å². The summed E-state index contributed by atoms with van der Waals surface area (Å²) >= 11 is 0. The van der Waals surface area contributed by atoms with Crippen LogP contribution in [0.25, 0.3) is 0 Å². The quantitative estimate of drug-likeness (QED) is 0.758. The van der Waals surface area contributed by atoms with Crippen molar-refractivity contribution in [2.75, 3.05) is 0 Å². The summed E-state index contributed by atoms with van der Waals surface area (Å²) in [7, 11) is 0. The van der Waals surface area contributed by atoms with Gasteiger partial charge in [0.15, 0.2) is 0 Å². The smallest absolute Gasteiger partial charge is 0.306 e. The summed E-state index contributed by atoms with van der Waals surface area (Å²) in [6, 6.07) is 0.00350. The molecule has 0 saturated heterocycles. The van der Waals surface area contributed by atoms with E-state index in [1.165, 1.54) is 25.7 Å². The maximum atomic E-state index is 12.0. The van der Waals surface area contributed by atoms with E-state index in [9.17, 15) is 9.59 Å². The van der Waals surface area contributed by atoms with Crippen LogP contribution >= 0.6 is 0 Å². The van der Waals surface area contributed by atoms with E-state index in [0.717, 1.165) is 12.8 Å². The normalized spacial score (nSPS) is 29.1. The molecule has 1 unspecified atom stereocenters. The Bertz CT molecular complexity index is 344. The number of carboxylic acid groups (broad SMARTS) is 1. The lowest BCUT2D eigenvalue weighted by Gasteiger charge is -2.33. The second-order valence-electron chi connectivity index (χ2n) is 6.10. The van der Waals surface area contributed by atoms with Gasteiger partial charge in [-0.05, 0) is 32.6 Å². The molecule has 2 aliphatic carbocycles. The summed E-state index contributed by atoms with van der Waals surface area (Å²) in [4.78, 5) is 22.7. The lowest BCUT2D eigenvalue weighted by molar-refractivity contribution is -0.147. The molecule has 2 rings (SSSR count). The summed E-state index contributed by atoms with van der Waals surface area (Å²) in [6.07, 6.45) is 7.81. The van der Waals surface area contributed by atoms with Crippen molar-refractivity contribution in [2.45, 2.75) is 76.5 Å². The van der Waals surface area contributed by atoms with Gasteiger partial charge in [-0.2, -0.15) is 0 Å². The number of ether oxygens (including phenoxy) is 1. The fourth-order valence-electron chi connectivity index (χ4n) is 2.98. The molecule has 2 aliphatic rings. The van der Waals surface area contributed by atoms with Crippen LogP contribution in [0.3, 0.4) is 0 Å². The highest BCUT2D eigenvalue weighted by atomic mass is 16.5. The molecule has 114 valence electrons. The minimum atomic E-state index is -0.766. The molecule has 0 bridgehead atoms. The lowest BCUT2D eigenvalue weighted by atomic mass is 9.80. The van der Waals surface area contributed by atoms with Gasteiger partial charge in [0.1, 0.15) is 6.10 Å². The standard InChI is InChI=1S/C15H25NO4/c1-10(20-13-6-4-2-3-5-7-13)14(17)16-12-8-11(9-12)15(18)19/h10-13H,2-9H2,1H3,(H,16,17)(H,18,19). The van der Waals surface area contributed by atoms with Crippen LogP contribution in [-0.2, 0) is 14.3 Å². The first kappa shape index (κ1) is 15.3. The lowest BCUT2D eigenvalue weighted by Crippen LogP contribution is -2.50. The molecular weight excluding hydrogens is 258 g/mol. The van der Waals surface area contributed by atoms with Gasteiger partial charge in [-0.3, -0.25) is 9.59 Å². The van der Waals surface area contributed by atoms with Crippen molar-refractivity contribution in [3.05, 3.63) is 0 Å². The van der Waals surface area contributed by atoms with Crippen LogP contribution in [0.2, 0.25) is 0 Å². The highest BCUT2D eigenvalue weighted by molar-refractivity contribution is 5.81. The topological polar surface area (TPSA) is 75.6 Å². The average Bonchev–Trinajstić information content (AvgIpc) is 2.60. The Morgan fingerprint density at radius 1 is 1.15 bits per heavy atom. The molecule has 1 amide bonds. The second-order valence-corrected chi connectivity index (χ2v) is 6.10. The van der Waals surface area contributed by atoms with E-state index in [4.69, 9.17) is 9.84 Å². The Morgan fingerprint density at radius 3 is 2.30 bits per heavy atom. The van der Waals surface area contributed by atoms with Gasteiger partial charge in [-0.15, -0.1) is 0 Å². The van der Waals surface area contributed by atoms with Crippen molar-refractivity contribution in [3.63, 3.8) is 0 Å². The number of carbonyl (C=O) groups excluding carboxylic acids is 1. The fourth-order valence-corrected chi connectivity index (χ4v) is 2.98. The molecule has 0 heterocycles. The molecule has 2 saturated carbocycles. The van der Waals surface area contributed by atoms with E-state index in [1.54, 1.807) is 6.92 Å². The van der Waals surface area contributed by atoms with Crippen LogP contribution in [0.15, 0.2) is 0 Å². The molecule has 0 aromatic rings. The molecule has 2 N–H and O–H groups in total. The van der Waals surface area contributed by atoms with Crippen molar-refractivity contribution in [3.8, 4) is 0 Å². The predicted octanol–water partition coefficient (Wildman–Crippen LogP) is 2.09. The molecule has 1 atom stereocenters. The van der Waals surface area contributed by atoms with E-state index in [0.29, 0.717) is 12.8 Å². The van der Waals surface area contributed by atoms with Crippen LogP contribution in [0.5, 0.6) is 0 Å². The highest BCUT2D eigenvalue weighted by Gasteiger charge is 2.36. The van der Waals surface area contributed by atoms with Gasteiger partial charge >= 0.3 is 5.97 Å². The Kier molecular flexibility index (Phi) is 5.40. The van der Waals surface area contributed by atoms with Crippen molar-refractivity contribution in [1.82, 2.24) is 5.32 Å². The minimum Gasteiger partial charge on any atom is -0.481 e. The highest BCUT2D eigenvalue weighted by Crippen LogP contribution is 2.27. The molecule has 0 aliphatic heterocycles. The monoisotopic (exact) mass is 283 g/mol. The number of hydrogen-bond acceptors (Lipinski definition) is 3. The summed E-state index contributed by atoms with van der Waals surface area (Å²) in [5.74, 6) is -1.17. The predicted molar refractivity (Wildman–Crippen MR) is 74.3 cm³/mol. The van der Waals surface area contributed by atoms with Gasteiger partial charge in [-0.1, -0.05) is 25.7 Å². The summed E-state index contributed by atoms with van der Waals surface area (Å²) in [5, 5.41) is 11.7. The van der Waals surface area contributed by atoms with E-state index in [2.05, 4.69) is 5.32 Å². The van der Waals surface area contributed by atoms with E-state index in [-0.39, 0.29) is 24.0 Å². The van der Waals surface area contributed by atoms with E-state index in [1.807, 2.05) is 0 Å². The number of nitrogens with one attached hydrogen (secondary N) is 1. The molecule has 0 radical (unpaired) electrons. The van der Waals surface area contributed by atoms with E-state index < -0.39 is 12.1 Å². The first-order valence-electron chi connectivity index (χ1n) is 7.75. The maximum Gasteiger partial charge on any atom is 0.306 e. The van der Waals surface area contributed by atoms with Crippen molar-refractivity contribution < 1.29 is 19.4 Å². The molecule has 5 heteroatoms. The van der Waals surface area contributed by atoms with Crippen LogP contribution < -0.4 is 5.32 Å². The Hall–Kier alpha value is -1.10. The first-order chi connectivity index (χ1) is 9.56. The first-order valence-corrected chi connectivity index (χ1v) is 7.75. The van der Waals surface area contributed by atoms with Gasteiger partial charge in [0.25, 0.3) is 0 Å². The Morgan fingerprint density at radius 2 is 1.75 bits per heavy atom. The van der Waals surface area contributed by atoms with Crippen LogP contribution in [-0.4, -0.2) is 35.2 Å². The third kappa shape index (κ3) is 4.20. The Balaban J connectivity index is 1.68. The number of carbonyl (C=O) groups is 2. The Labute approximate surface area is 120 Å². The maximum absolute atomic E-state index is 12.0. The van der Waals surface area contributed by atoms with Gasteiger partial charge in [-0.25, -0.2) is 0 Å². The largest absolute Gasteiger partial charge is 0.481 e. The molecule has 20 heavy (non-hydrogen) atoms. The zero-order valence-electron chi connectivity index (χ0n) is 12.1. The minimum absolute atomic E-state index is 0.00350. The van der Waals surface area contributed by atoms with Gasteiger partial charge in [0.2, 0.25) is 5.91 Å². The molecule has 5 nitrogen and oxygen atoms in total. The number of amides is 1. The third-order valence-electron chi connectivity index (χ3n) is 4.40. The van der Waals surface area contributed by atoms with Gasteiger partial charge in [0.05, 0.1) is 12.0 Å². The van der Waals surface area contributed by atoms with Crippen LogP contribution in [0.4, 0.5) is 0 Å². The van der Waals surface area contributed by atoms with Crippen molar-refractivity contribution in [1.29, 1.82) is 0 Å². The number of hydrogen-bond donors (Lipinski definition) is 2. The number of carboxylic acids is 1. The average molecular weight is 283 g/mol. The number of aliphatic carboxylic acids is 1.